The Morgan fingerprint density at radius 1 is 0.578 bits per heavy atom. The number of hydrogen-bond donors (Lipinski definition) is 0. The molecule has 0 aliphatic carbocycles. The van der Waals surface area contributed by atoms with Gasteiger partial charge in [-0.25, -0.2) is 19.6 Å². The fraction of sp³-hybridized carbons (Fsp3) is 0.440. The quantitative estimate of drug-likeness (QED) is 0.0870. The molecule has 2 aliphatic rings. The molecule has 340 valence electrons. The van der Waals surface area contributed by atoms with Gasteiger partial charge >= 0.3 is 11.9 Å². The van der Waals surface area contributed by atoms with Gasteiger partial charge in [0.05, 0.1) is 47.4 Å². The van der Waals surface area contributed by atoms with Crippen LogP contribution in [-0.4, -0.2) is 95.3 Å². The largest absolute Gasteiger partial charge is 0.486 e. The summed E-state index contributed by atoms with van der Waals surface area (Å²) < 4.78 is 26.2. The Hall–Kier alpha value is -5.14. The topological polar surface area (TPSA) is 113 Å². The molecule has 2 saturated heterocycles. The number of piperidine rings is 2. The normalized spacial score (nSPS) is 15.2. The van der Waals surface area contributed by atoms with Crippen LogP contribution in [0.25, 0.3) is 22.1 Å². The molecule has 4 aromatic carbocycles. The standard InChI is InChI=1S/2C25H30ClN3O3/c1-28-14-11-18(12-15-28)4-3-13-29-23-10-5-19(25(30)31-2)16-22(23)27-24(29)17-32-21-8-6-20(26)7-9-21;1-28-14-11-18(12-15-28)4-3-13-29-23-16-19(25(30)31-2)5-10-22(23)27-24(29)17-32-21-8-6-20(26)7-9-21/h2*5-10,16,18H,3-4,11-15,17H2,1-2H3. The third-order valence-corrected chi connectivity index (χ3v) is 13.0. The van der Waals surface area contributed by atoms with Crippen LogP contribution in [0.1, 0.15) is 83.7 Å². The van der Waals surface area contributed by atoms with Crippen molar-refractivity contribution in [2.45, 2.75) is 77.7 Å². The van der Waals surface area contributed by atoms with Crippen LogP contribution in [0.4, 0.5) is 0 Å². The van der Waals surface area contributed by atoms with Crippen molar-refractivity contribution in [1.82, 2.24) is 28.9 Å². The van der Waals surface area contributed by atoms with Crippen molar-refractivity contribution in [3.63, 3.8) is 0 Å². The highest BCUT2D eigenvalue weighted by Crippen LogP contribution is 2.27. The third-order valence-electron chi connectivity index (χ3n) is 12.5. The molecule has 12 nitrogen and oxygen atoms in total. The molecule has 0 saturated carbocycles. The van der Waals surface area contributed by atoms with Gasteiger partial charge in [0.1, 0.15) is 36.4 Å². The maximum Gasteiger partial charge on any atom is 0.337 e. The van der Waals surface area contributed by atoms with E-state index in [1.165, 1.54) is 78.9 Å². The number of aryl methyl sites for hydroxylation is 2. The molecule has 0 bridgehead atoms. The van der Waals surface area contributed by atoms with Crippen molar-refractivity contribution in [3.8, 4) is 11.5 Å². The maximum absolute atomic E-state index is 12.1. The number of halogens is 2. The highest BCUT2D eigenvalue weighted by atomic mass is 35.5. The molecule has 14 heteroatoms. The first-order valence-corrected chi connectivity index (χ1v) is 23.1. The van der Waals surface area contributed by atoms with Crippen molar-refractivity contribution in [3.05, 3.63) is 118 Å². The molecule has 0 spiro atoms. The number of carbonyl (C=O) groups is 2. The monoisotopic (exact) mass is 910 g/mol. The van der Waals surface area contributed by atoms with E-state index in [0.717, 1.165) is 83.0 Å². The fourth-order valence-electron chi connectivity index (χ4n) is 8.70. The number of aromatic nitrogens is 4. The zero-order valence-corrected chi connectivity index (χ0v) is 39.0. The molecular formula is C50H60Cl2N6O6. The predicted octanol–water partition coefficient (Wildman–Crippen LogP) is 10.4. The molecule has 6 aromatic rings. The van der Waals surface area contributed by atoms with Crippen LogP contribution in [-0.2, 0) is 35.8 Å². The second-order valence-corrected chi connectivity index (χ2v) is 17.9. The van der Waals surface area contributed by atoms with Gasteiger partial charge in [0, 0.05) is 23.1 Å². The Kier molecular flexibility index (Phi) is 16.6. The summed E-state index contributed by atoms with van der Waals surface area (Å²) in [5.74, 6) is 4.05. The van der Waals surface area contributed by atoms with E-state index < -0.39 is 0 Å². The maximum atomic E-state index is 12.1. The molecule has 64 heavy (non-hydrogen) atoms. The van der Waals surface area contributed by atoms with Gasteiger partial charge in [0.25, 0.3) is 0 Å². The van der Waals surface area contributed by atoms with Gasteiger partial charge in [-0.05, 0) is 188 Å². The Bertz CT molecular complexity index is 2410. The average Bonchev–Trinajstić information content (AvgIpc) is 3.85. The summed E-state index contributed by atoms with van der Waals surface area (Å²) in [6, 6.07) is 25.7. The first-order chi connectivity index (χ1) is 31.1. The lowest BCUT2D eigenvalue weighted by Gasteiger charge is -2.29. The van der Waals surface area contributed by atoms with Gasteiger partial charge in [-0.2, -0.15) is 0 Å². The summed E-state index contributed by atoms with van der Waals surface area (Å²) in [7, 11) is 7.18. The van der Waals surface area contributed by atoms with Crippen molar-refractivity contribution in [2.24, 2.45) is 11.8 Å². The molecule has 0 unspecified atom stereocenters. The number of methoxy groups -OCH3 is 2. The van der Waals surface area contributed by atoms with Crippen molar-refractivity contribution in [2.75, 3.05) is 54.5 Å². The lowest BCUT2D eigenvalue weighted by molar-refractivity contribution is 0.0592. The summed E-state index contributed by atoms with van der Waals surface area (Å²) in [6.07, 6.45) is 9.64. The van der Waals surface area contributed by atoms with Crippen LogP contribution in [0.5, 0.6) is 11.5 Å². The van der Waals surface area contributed by atoms with E-state index in [4.69, 9.17) is 52.1 Å². The summed E-state index contributed by atoms with van der Waals surface area (Å²) in [6.45, 7) is 7.15. The Labute approximate surface area is 386 Å². The average molecular weight is 912 g/mol. The van der Waals surface area contributed by atoms with E-state index in [2.05, 4.69) is 33.0 Å². The number of rotatable bonds is 16. The lowest BCUT2D eigenvalue weighted by atomic mass is 9.92. The minimum absolute atomic E-state index is 0.343. The van der Waals surface area contributed by atoms with Crippen molar-refractivity contribution in [1.29, 1.82) is 0 Å². The van der Waals surface area contributed by atoms with Gasteiger partial charge in [-0.3, -0.25) is 0 Å². The summed E-state index contributed by atoms with van der Waals surface area (Å²) in [5, 5.41) is 1.35. The predicted molar refractivity (Wildman–Crippen MR) is 253 cm³/mol. The first-order valence-electron chi connectivity index (χ1n) is 22.4. The van der Waals surface area contributed by atoms with Crippen LogP contribution in [0.15, 0.2) is 84.9 Å². The zero-order chi connectivity index (χ0) is 45.0. The highest BCUT2D eigenvalue weighted by Gasteiger charge is 2.20. The van der Waals surface area contributed by atoms with Gasteiger partial charge in [-0.1, -0.05) is 23.2 Å². The van der Waals surface area contributed by atoms with Gasteiger partial charge in [0.2, 0.25) is 0 Å². The molecule has 0 atom stereocenters. The summed E-state index contributed by atoms with van der Waals surface area (Å²) in [4.78, 5) is 38.4. The minimum atomic E-state index is -0.359. The highest BCUT2D eigenvalue weighted by molar-refractivity contribution is 6.30. The van der Waals surface area contributed by atoms with Crippen LogP contribution < -0.4 is 9.47 Å². The van der Waals surface area contributed by atoms with E-state index >= 15 is 0 Å². The van der Waals surface area contributed by atoms with E-state index in [0.29, 0.717) is 34.4 Å². The van der Waals surface area contributed by atoms with E-state index in [1.807, 2.05) is 66.7 Å². The number of nitrogens with zero attached hydrogens (tertiary/aromatic N) is 6. The van der Waals surface area contributed by atoms with Gasteiger partial charge in [-0.15, -0.1) is 0 Å². The Morgan fingerprint density at radius 3 is 1.50 bits per heavy atom. The number of benzene rings is 4. The molecule has 0 N–H and O–H groups in total. The third kappa shape index (κ3) is 12.6. The van der Waals surface area contributed by atoms with Crippen molar-refractivity contribution >= 4 is 57.2 Å². The molecule has 2 fully saturated rings. The van der Waals surface area contributed by atoms with Crippen LogP contribution in [0.2, 0.25) is 10.0 Å². The molecule has 0 amide bonds. The SMILES string of the molecule is COC(=O)c1ccc2c(c1)nc(COc1ccc(Cl)cc1)n2CCCC1CCN(C)CC1.COC(=O)c1ccc2nc(COc3ccc(Cl)cc3)n(CCCC3CCN(C)CC3)c2c1. The number of carbonyl (C=O) groups excluding carboxylic acids is 2. The Balaban J connectivity index is 0.000000191. The van der Waals surface area contributed by atoms with Gasteiger partial charge < -0.3 is 37.9 Å². The minimum Gasteiger partial charge on any atom is -0.486 e. The molecule has 8 rings (SSSR count). The lowest BCUT2D eigenvalue weighted by Crippen LogP contribution is -2.30. The fourth-order valence-corrected chi connectivity index (χ4v) is 8.95. The summed E-state index contributed by atoms with van der Waals surface area (Å²) >= 11 is 12.0. The van der Waals surface area contributed by atoms with E-state index in [9.17, 15) is 9.59 Å². The van der Waals surface area contributed by atoms with Crippen molar-refractivity contribution < 1.29 is 28.5 Å². The number of esters is 2. The second-order valence-electron chi connectivity index (χ2n) is 17.0. The van der Waals surface area contributed by atoms with Gasteiger partial charge in [0.15, 0.2) is 0 Å². The smallest absolute Gasteiger partial charge is 0.337 e. The van der Waals surface area contributed by atoms with E-state index in [-0.39, 0.29) is 11.9 Å². The number of imidazole rings is 2. The number of ether oxygens (including phenoxy) is 4. The Morgan fingerprint density at radius 2 is 1.02 bits per heavy atom. The molecular weight excluding hydrogens is 851 g/mol. The number of hydrogen-bond acceptors (Lipinski definition) is 10. The molecule has 4 heterocycles. The van der Waals surface area contributed by atoms with Crippen LogP contribution in [0, 0.1) is 11.8 Å². The summed E-state index contributed by atoms with van der Waals surface area (Å²) in [5.41, 5.74) is 4.61. The van der Waals surface area contributed by atoms with E-state index in [1.54, 1.807) is 18.2 Å². The number of fused-ring (bicyclic) bond motifs is 2. The first kappa shape index (κ1) is 46.8. The molecule has 2 aliphatic heterocycles. The van der Waals surface area contributed by atoms with Crippen LogP contribution >= 0.6 is 23.2 Å². The molecule has 0 radical (unpaired) electrons. The molecule has 2 aromatic heterocycles. The number of likely N-dealkylation sites (tertiary alicyclic amines) is 2. The van der Waals surface area contributed by atoms with Crippen LogP contribution in [0.3, 0.4) is 0 Å². The second kappa shape index (κ2) is 22.7. The zero-order valence-electron chi connectivity index (χ0n) is 37.4.